The zero-order valence-corrected chi connectivity index (χ0v) is 17.3. The summed E-state index contributed by atoms with van der Waals surface area (Å²) in [6, 6.07) is 13.2. The molecule has 0 aliphatic rings. The van der Waals surface area contributed by atoms with E-state index in [0.717, 1.165) is 40.9 Å². The lowest BCUT2D eigenvalue weighted by Gasteiger charge is -2.12. The number of nitrogens with one attached hydrogen (secondary N) is 1. The molecule has 28 heavy (non-hydrogen) atoms. The first-order valence-corrected chi connectivity index (χ1v) is 11.1. The van der Waals surface area contributed by atoms with Gasteiger partial charge in [0.05, 0.1) is 29.8 Å². The lowest BCUT2D eigenvalue weighted by molar-refractivity contribution is 0.415. The Balaban J connectivity index is 2.05. The number of methoxy groups -OCH3 is 1. The number of benzene rings is 2. The Labute approximate surface area is 166 Å². The summed E-state index contributed by atoms with van der Waals surface area (Å²) in [5, 5.41) is 0.983. The number of ether oxygens (including phenoxy) is 1. The lowest BCUT2D eigenvalue weighted by Crippen LogP contribution is -2.15. The van der Waals surface area contributed by atoms with Gasteiger partial charge in [-0.2, -0.15) is 0 Å². The zero-order valence-electron chi connectivity index (χ0n) is 16.5. The Hall–Kier alpha value is -2.67. The molecule has 0 amide bonds. The van der Waals surface area contributed by atoms with Crippen molar-refractivity contribution >= 4 is 32.3 Å². The summed E-state index contributed by atoms with van der Waals surface area (Å²) in [6.07, 6.45) is 1.53. The molecule has 1 aromatic heterocycles. The Kier molecular flexibility index (Phi) is 5.84. The highest BCUT2D eigenvalue weighted by atomic mass is 32.2. The van der Waals surface area contributed by atoms with Crippen LogP contribution in [-0.4, -0.2) is 25.8 Å². The van der Waals surface area contributed by atoms with Gasteiger partial charge < -0.3 is 15.0 Å². The van der Waals surface area contributed by atoms with Gasteiger partial charge in [-0.05, 0) is 37.1 Å². The molecule has 0 unspecified atom stereocenters. The molecule has 0 bridgehead atoms. The Morgan fingerprint density at radius 1 is 1.07 bits per heavy atom. The number of nitrogen functional groups attached to an aromatic ring is 1. The standard InChI is InChI=1S/C21H27N3O3S/c1-4-12-24-19-14-17(27-3)10-11-18(19)20(22)21(24)15-6-8-16(9-7-15)23-28(25,26)13-5-2/h6-11,14,23H,4-5,12-13,22H2,1-3H3. The summed E-state index contributed by atoms with van der Waals surface area (Å²) in [6.45, 7) is 4.78. The summed E-state index contributed by atoms with van der Waals surface area (Å²) in [5.74, 6) is 0.892. The molecule has 150 valence electrons. The monoisotopic (exact) mass is 401 g/mol. The van der Waals surface area contributed by atoms with Gasteiger partial charge >= 0.3 is 0 Å². The van der Waals surface area contributed by atoms with E-state index in [2.05, 4.69) is 16.2 Å². The first-order valence-electron chi connectivity index (χ1n) is 9.46. The third-order valence-corrected chi connectivity index (χ3v) is 6.16. The van der Waals surface area contributed by atoms with Gasteiger partial charge in [-0.1, -0.05) is 26.0 Å². The van der Waals surface area contributed by atoms with E-state index in [9.17, 15) is 8.42 Å². The average Bonchev–Trinajstić information content (AvgIpc) is 2.94. The highest BCUT2D eigenvalue weighted by molar-refractivity contribution is 7.92. The lowest BCUT2D eigenvalue weighted by atomic mass is 10.1. The van der Waals surface area contributed by atoms with Gasteiger partial charge in [-0.15, -0.1) is 0 Å². The number of hydrogen-bond acceptors (Lipinski definition) is 4. The number of aryl methyl sites for hydroxylation is 1. The number of hydrogen-bond donors (Lipinski definition) is 2. The van der Waals surface area contributed by atoms with Crippen molar-refractivity contribution in [3.8, 4) is 17.0 Å². The molecule has 6 nitrogen and oxygen atoms in total. The molecule has 0 saturated heterocycles. The Morgan fingerprint density at radius 3 is 2.39 bits per heavy atom. The van der Waals surface area contributed by atoms with Crippen molar-refractivity contribution in [2.45, 2.75) is 33.2 Å². The van der Waals surface area contributed by atoms with Crippen LogP contribution in [0.2, 0.25) is 0 Å². The number of nitrogens with two attached hydrogens (primary N) is 1. The second-order valence-corrected chi connectivity index (χ2v) is 8.64. The second-order valence-electron chi connectivity index (χ2n) is 6.80. The molecule has 1 heterocycles. The van der Waals surface area contributed by atoms with Gasteiger partial charge in [-0.3, -0.25) is 4.72 Å². The van der Waals surface area contributed by atoms with Gasteiger partial charge in [-0.25, -0.2) is 8.42 Å². The number of sulfonamides is 1. The molecule has 3 aromatic rings. The highest BCUT2D eigenvalue weighted by Crippen LogP contribution is 2.38. The normalized spacial score (nSPS) is 11.7. The van der Waals surface area contributed by atoms with E-state index in [1.54, 1.807) is 19.2 Å². The fourth-order valence-electron chi connectivity index (χ4n) is 3.45. The van der Waals surface area contributed by atoms with Crippen LogP contribution in [0.25, 0.3) is 22.2 Å². The molecule has 0 radical (unpaired) electrons. The zero-order chi connectivity index (χ0) is 20.3. The number of fused-ring (bicyclic) bond motifs is 1. The number of rotatable bonds is 8. The van der Waals surface area contributed by atoms with Crippen LogP contribution in [0, 0.1) is 0 Å². The van der Waals surface area contributed by atoms with Crippen molar-refractivity contribution in [3.63, 3.8) is 0 Å². The maximum Gasteiger partial charge on any atom is 0.232 e. The minimum atomic E-state index is -3.31. The van der Waals surface area contributed by atoms with Crippen molar-refractivity contribution in [1.82, 2.24) is 4.57 Å². The molecule has 0 spiro atoms. The van der Waals surface area contributed by atoms with Gasteiger partial charge in [0.2, 0.25) is 10.0 Å². The average molecular weight is 402 g/mol. The summed E-state index contributed by atoms with van der Waals surface area (Å²) in [4.78, 5) is 0. The first kappa shape index (κ1) is 20.1. The molecule has 7 heteroatoms. The predicted octanol–water partition coefficient (Wildman–Crippen LogP) is 4.46. The summed E-state index contributed by atoms with van der Waals surface area (Å²) in [5.41, 5.74) is 10.7. The minimum Gasteiger partial charge on any atom is -0.497 e. The van der Waals surface area contributed by atoms with E-state index < -0.39 is 10.0 Å². The van der Waals surface area contributed by atoms with E-state index >= 15 is 0 Å². The smallest absolute Gasteiger partial charge is 0.232 e. The van der Waals surface area contributed by atoms with Crippen LogP contribution in [0.15, 0.2) is 42.5 Å². The van der Waals surface area contributed by atoms with Crippen molar-refractivity contribution in [3.05, 3.63) is 42.5 Å². The largest absolute Gasteiger partial charge is 0.497 e. The second kappa shape index (κ2) is 8.14. The maximum absolute atomic E-state index is 12.0. The molecule has 0 fully saturated rings. The third-order valence-electron chi connectivity index (χ3n) is 4.66. The van der Waals surface area contributed by atoms with Gasteiger partial charge in [0.1, 0.15) is 5.75 Å². The number of anilines is 2. The number of nitrogens with zero attached hydrogens (tertiary/aromatic N) is 1. The fraction of sp³-hybridized carbons (Fsp3) is 0.333. The van der Waals surface area contributed by atoms with E-state index in [1.807, 2.05) is 37.3 Å². The minimum absolute atomic E-state index is 0.105. The van der Waals surface area contributed by atoms with Crippen LogP contribution in [0.1, 0.15) is 26.7 Å². The summed E-state index contributed by atoms with van der Waals surface area (Å²) in [7, 11) is -1.66. The van der Waals surface area contributed by atoms with Crippen LogP contribution in [0.4, 0.5) is 11.4 Å². The van der Waals surface area contributed by atoms with E-state index in [-0.39, 0.29) is 5.75 Å². The number of aromatic nitrogens is 1. The van der Waals surface area contributed by atoms with Crippen molar-refractivity contribution < 1.29 is 13.2 Å². The topological polar surface area (TPSA) is 86.4 Å². The highest BCUT2D eigenvalue weighted by Gasteiger charge is 2.17. The van der Waals surface area contributed by atoms with Crippen molar-refractivity contribution in [2.24, 2.45) is 0 Å². The van der Waals surface area contributed by atoms with Crippen molar-refractivity contribution in [2.75, 3.05) is 23.3 Å². The van der Waals surface area contributed by atoms with Crippen LogP contribution < -0.4 is 15.2 Å². The SMILES string of the molecule is CCCn1c(-c2ccc(NS(=O)(=O)CCC)cc2)c(N)c2ccc(OC)cc21. The summed E-state index contributed by atoms with van der Waals surface area (Å²) >= 11 is 0. The molecule has 2 aromatic carbocycles. The van der Waals surface area contributed by atoms with E-state index in [4.69, 9.17) is 10.5 Å². The Bertz CT molecular complexity index is 1070. The third kappa shape index (κ3) is 3.94. The molecule has 0 saturated carbocycles. The molecule has 0 aliphatic carbocycles. The molecular formula is C21H27N3O3S. The van der Waals surface area contributed by atoms with Crippen LogP contribution in [-0.2, 0) is 16.6 Å². The fourth-order valence-corrected chi connectivity index (χ4v) is 4.58. The molecule has 0 aliphatic heterocycles. The molecule has 3 N–H and O–H groups in total. The molecular weight excluding hydrogens is 374 g/mol. The van der Waals surface area contributed by atoms with Crippen LogP contribution >= 0.6 is 0 Å². The van der Waals surface area contributed by atoms with Crippen molar-refractivity contribution in [1.29, 1.82) is 0 Å². The van der Waals surface area contributed by atoms with Gasteiger partial charge in [0.15, 0.2) is 0 Å². The van der Waals surface area contributed by atoms with Gasteiger partial charge in [0, 0.05) is 29.2 Å². The molecule has 0 atom stereocenters. The van der Waals surface area contributed by atoms with Crippen LogP contribution in [0.5, 0.6) is 5.75 Å². The van der Waals surface area contributed by atoms with E-state index in [1.165, 1.54) is 0 Å². The van der Waals surface area contributed by atoms with Crippen LogP contribution in [0.3, 0.4) is 0 Å². The maximum atomic E-state index is 12.0. The predicted molar refractivity (Wildman–Crippen MR) is 116 cm³/mol. The summed E-state index contributed by atoms with van der Waals surface area (Å²) < 4.78 is 34.1. The molecule has 3 rings (SSSR count). The Morgan fingerprint density at radius 2 is 1.79 bits per heavy atom. The van der Waals surface area contributed by atoms with E-state index in [0.29, 0.717) is 17.8 Å². The van der Waals surface area contributed by atoms with Gasteiger partial charge in [0.25, 0.3) is 0 Å². The quantitative estimate of drug-likeness (QED) is 0.583. The first-order chi connectivity index (χ1) is 13.4.